The number of imide groups is 1. The van der Waals surface area contributed by atoms with Gasteiger partial charge in [-0.3, -0.25) is 19.8 Å². The molecule has 1 saturated heterocycles. The van der Waals surface area contributed by atoms with Crippen LogP contribution in [0.2, 0.25) is 0 Å². The molecule has 0 bridgehead atoms. The van der Waals surface area contributed by atoms with Crippen molar-refractivity contribution < 1.29 is 33.2 Å². The molecule has 11 nitrogen and oxygen atoms in total. The minimum absolute atomic E-state index is 0.0675. The number of benzene rings is 2. The van der Waals surface area contributed by atoms with E-state index in [4.69, 9.17) is 9.15 Å². The van der Waals surface area contributed by atoms with E-state index in [9.17, 15) is 24.5 Å². The molecule has 3 aromatic rings. The van der Waals surface area contributed by atoms with E-state index in [-0.39, 0.29) is 41.6 Å². The average Bonchev–Trinajstić information content (AvgIpc) is 3.43. The van der Waals surface area contributed by atoms with E-state index in [0.29, 0.717) is 5.75 Å². The van der Waals surface area contributed by atoms with Crippen LogP contribution in [0.3, 0.4) is 0 Å². The Hall–Kier alpha value is -4.93. The summed E-state index contributed by atoms with van der Waals surface area (Å²) in [7, 11) is 1.20. The van der Waals surface area contributed by atoms with Crippen LogP contribution >= 0.6 is 0 Å². The number of carbonyl (C=O) groups is 3. The average molecular weight is 477 g/mol. The third-order valence-electron chi connectivity index (χ3n) is 5.07. The predicted octanol–water partition coefficient (Wildman–Crippen LogP) is 3.65. The van der Waals surface area contributed by atoms with Gasteiger partial charge < -0.3 is 19.2 Å². The molecule has 1 aliphatic rings. The maximum atomic E-state index is 12.9. The summed E-state index contributed by atoms with van der Waals surface area (Å²) < 4.78 is 15.7. The number of nitro groups is 1. The molecule has 4 rings (SSSR count). The highest BCUT2D eigenvalue weighted by atomic mass is 16.6. The second-order valence-corrected chi connectivity index (χ2v) is 7.39. The molecular weight excluding hydrogens is 458 g/mol. The summed E-state index contributed by atoms with van der Waals surface area (Å²) >= 11 is 0. The van der Waals surface area contributed by atoms with Gasteiger partial charge in [0, 0.05) is 17.7 Å². The molecule has 178 valence electrons. The molecule has 0 spiro atoms. The third-order valence-corrected chi connectivity index (χ3v) is 5.07. The lowest BCUT2D eigenvalue weighted by Gasteiger charge is -2.10. The number of urea groups is 1. The second-order valence-electron chi connectivity index (χ2n) is 7.39. The maximum Gasteiger partial charge on any atom is 0.373 e. The van der Waals surface area contributed by atoms with Gasteiger partial charge in [-0.2, -0.15) is 0 Å². The van der Waals surface area contributed by atoms with Crippen LogP contribution in [0, 0.1) is 10.1 Å². The molecule has 1 fully saturated rings. The van der Waals surface area contributed by atoms with E-state index in [1.165, 1.54) is 43.5 Å². The minimum Gasteiger partial charge on any atom is -0.488 e. The first-order valence-electron chi connectivity index (χ1n) is 10.3. The Bertz CT molecular complexity index is 1330. The molecule has 1 aromatic heterocycles. The number of nitro benzene ring substituents is 1. The molecule has 0 radical (unpaired) electrons. The first kappa shape index (κ1) is 23.2. The molecule has 1 N–H and O–H groups in total. The van der Waals surface area contributed by atoms with E-state index < -0.39 is 22.8 Å². The lowest BCUT2D eigenvalue weighted by Crippen LogP contribution is -2.30. The predicted molar refractivity (Wildman–Crippen MR) is 121 cm³/mol. The van der Waals surface area contributed by atoms with Crippen molar-refractivity contribution >= 4 is 29.7 Å². The Balaban J connectivity index is 1.57. The fraction of sp³-hybridized carbons (Fsp3) is 0.125. The number of ether oxygens (including phenoxy) is 2. The van der Waals surface area contributed by atoms with Crippen molar-refractivity contribution in [3.63, 3.8) is 0 Å². The molecule has 35 heavy (non-hydrogen) atoms. The number of hydrogen-bond donors (Lipinski definition) is 1. The van der Waals surface area contributed by atoms with Crippen molar-refractivity contribution in [3.8, 4) is 5.75 Å². The topological polar surface area (TPSA) is 141 Å². The zero-order chi connectivity index (χ0) is 24.9. The van der Waals surface area contributed by atoms with Crippen molar-refractivity contribution in [2.45, 2.75) is 13.2 Å². The summed E-state index contributed by atoms with van der Waals surface area (Å²) in [6, 6.07) is 15.4. The Morgan fingerprint density at radius 2 is 1.91 bits per heavy atom. The monoisotopic (exact) mass is 477 g/mol. The normalized spacial score (nSPS) is 14.2. The van der Waals surface area contributed by atoms with Crippen LogP contribution in [0.4, 0.5) is 10.5 Å². The molecule has 11 heteroatoms. The summed E-state index contributed by atoms with van der Waals surface area (Å²) in [5, 5.41) is 13.7. The van der Waals surface area contributed by atoms with Crippen molar-refractivity contribution in [3.05, 3.63) is 99.1 Å². The lowest BCUT2D eigenvalue weighted by molar-refractivity contribution is -0.384. The molecule has 1 aliphatic heterocycles. The van der Waals surface area contributed by atoms with Gasteiger partial charge in [-0.05, 0) is 29.8 Å². The van der Waals surface area contributed by atoms with Crippen molar-refractivity contribution in [2.24, 2.45) is 0 Å². The summed E-state index contributed by atoms with van der Waals surface area (Å²) in [6.07, 6.45) is 1.32. The van der Waals surface area contributed by atoms with Crippen LogP contribution in [-0.2, 0) is 22.7 Å². The number of hydrogen-bond acceptors (Lipinski definition) is 8. The highest BCUT2D eigenvalue weighted by molar-refractivity contribution is 6.14. The van der Waals surface area contributed by atoms with Crippen LogP contribution in [0.25, 0.3) is 6.08 Å². The fourth-order valence-corrected chi connectivity index (χ4v) is 3.33. The lowest BCUT2D eigenvalue weighted by atomic mass is 10.1. The van der Waals surface area contributed by atoms with Gasteiger partial charge in [0.15, 0.2) is 0 Å². The number of esters is 1. The van der Waals surface area contributed by atoms with Gasteiger partial charge in [0.05, 0.1) is 18.6 Å². The second kappa shape index (κ2) is 9.91. The SMILES string of the molecule is COC(=O)c1ccc(CN2C(=O)NC(=Cc3cc([N+](=O)[O-])ccc3OCc3ccccc3)C2=O)o1. The van der Waals surface area contributed by atoms with Gasteiger partial charge in [0.1, 0.15) is 23.8 Å². The quantitative estimate of drug-likeness (QED) is 0.170. The molecule has 2 aromatic carbocycles. The van der Waals surface area contributed by atoms with E-state index in [1.54, 1.807) is 0 Å². The number of rotatable bonds is 8. The molecule has 0 aliphatic carbocycles. The van der Waals surface area contributed by atoms with E-state index in [1.807, 2.05) is 30.3 Å². The maximum absolute atomic E-state index is 12.9. The third kappa shape index (κ3) is 5.19. The largest absolute Gasteiger partial charge is 0.488 e. The Morgan fingerprint density at radius 3 is 2.63 bits per heavy atom. The number of nitrogens with zero attached hydrogens (tertiary/aromatic N) is 2. The summed E-state index contributed by atoms with van der Waals surface area (Å²) in [6.45, 7) is -0.0341. The van der Waals surface area contributed by atoms with Crippen molar-refractivity contribution in [2.75, 3.05) is 7.11 Å². The van der Waals surface area contributed by atoms with Gasteiger partial charge in [0.2, 0.25) is 5.76 Å². The molecule has 2 heterocycles. The highest BCUT2D eigenvalue weighted by Gasteiger charge is 2.34. The Kier molecular flexibility index (Phi) is 6.58. The zero-order valence-corrected chi connectivity index (χ0v) is 18.4. The molecule has 0 unspecified atom stereocenters. The van der Waals surface area contributed by atoms with E-state index in [2.05, 4.69) is 10.1 Å². The van der Waals surface area contributed by atoms with Crippen molar-refractivity contribution in [1.29, 1.82) is 0 Å². The summed E-state index contributed by atoms with van der Waals surface area (Å²) in [5.74, 6) is -0.949. The number of non-ortho nitro benzene ring substituents is 1. The number of carbonyl (C=O) groups excluding carboxylic acids is 3. The fourth-order valence-electron chi connectivity index (χ4n) is 3.33. The van der Waals surface area contributed by atoms with Gasteiger partial charge in [-0.15, -0.1) is 0 Å². The number of furan rings is 1. The molecule has 0 saturated carbocycles. The van der Waals surface area contributed by atoms with E-state index >= 15 is 0 Å². The summed E-state index contributed by atoms with van der Waals surface area (Å²) in [4.78, 5) is 48.5. The van der Waals surface area contributed by atoms with Crippen LogP contribution < -0.4 is 10.1 Å². The van der Waals surface area contributed by atoms with Crippen LogP contribution in [0.15, 0.2) is 70.8 Å². The van der Waals surface area contributed by atoms with E-state index in [0.717, 1.165) is 10.5 Å². The molecular formula is C24H19N3O8. The van der Waals surface area contributed by atoms with Gasteiger partial charge >= 0.3 is 12.0 Å². The first-order chi connectivity index (χ1) is 16.9. The van der Waals surface area contributed by atoms with Crippen LogP contribution in [-0.4, -0.2) is 34.8 Å². The van der Waals surface area contributed by atoms with Crippen molar-refractivity contribution in [1.82, 2.24) is 10.2 Å². The van der Waals surface area contributed by atoms with Gasteiger partial charge in [-0.1, -0.05) is 30.3 Å². The highest BCUT2D eigenvalue weighted by Crippen LogP contribution is 2.28. The smallest absolute Gasteiger partial charge is 0.373 e. The standard InChI is InChI=1S/C24H19N3O8/c1-33-23(29)21-10-8-18(35-21)13-26-22(28)19(25-24(26)30)12-16-11-17(27(31)32)7-9-20(16)34-14-15-5-3-2-4-6-15/h2-12H,13-14H2,1H3,(H,25,30). The van der Waals surface area contributed by atoms with Crippen LogP contribution in [0.5, 0.6) is 5.75 Å². The van der Waals surface area contributed by atoms with Gasteiger partial charge in [-0.25, -0.2) is 9.59 Å². The molecule has 3 amide bonds. The first-order valence-corrected chi connectivity index (χ1v) is 10.3. The van der Waals surface area contributed by atoms with Crippen LogP contribution in [0.1, 0.15) is 27.4 Å². The summed E-state index contributed by atoms with van der Waals surface area (Å²) in [5.41, 5.74) is 0.820. The Labute approximate surface area is 198 Å². The number of methoxy groups -OCH3 is 1. The number of nitrogens with one attached hydrogen (secondary N) is 1. The number of amides is 3. The zero-order valence-electron chi connectivity index (χ0n) is 18.4. The Morgan fingerprint density at radius 1 is 1.14 bits per heavy atom. The molecule has 0 atom stereocenters. The van der Waals surface area contributed by atoms with Gasteiger partial charge in [0.25, 0.3) is 11.6 Å². The minimum atomic E-state index is -0.713.